The van der Waals surface area contributed by atoms with Gasteiger partial charge in [-0.1, -0.05) is 51.5 Å². The van der Waals surface area contributed by atoms with Crippen LogP contribution in [0.3, 0.4) is 0 Å². The van der Waals surface area contributed by atoms with E-state index in [1.165, 1.54) is 40.5 Å². The van der Waals surface area contributed by atoms with Crippen LogP contribution in [0.5, 0.6) is 23.1 Å². The lowest BCUT2D eigenvalue weighted by atomic mass is 9.34. The molecule has 0 bridgehead atoms. The molecule has 0 unspecified atom stereocenters. The van der Waals surface area contributed by atoms with Crippen molar-refractivity contribution in [2.24, 2.45) is 0 Å². The van der Waals surface area contributed by atoms with Crippen LogP contribution in [0.1, 0.15) is 62.9 Å². The zero-order chi connectivity index (χ0) is 21.7. The largest absolute Gasteiger partial charge is 0.458 e. The predicted molar refractivity (Wildman–Crippen MR) is 127 cm³/mol. The van der Waals surface area contributed by atoms with Gasteiger partial charge in [-0.25, -0.2) is 4.98 Å². The number of pyridine rings is 1. The third kappa shape index (κ3) is 2.63. The molecule has 0 fully saturated rings. The van der Waals surface area contributed by atoms with Gasteiger partial charge in [0.15, 0.2) is 0 Å². The summed E-state index contributed by atoms with van der Waals surface area (Å²) in [4.78, 5) is 4.78. The van der Waals surface area contributed by atoms with Gasteiger partial charge in [0, 0.05) is 17.2 Å². The van der Waals surface area contributed by atoms with E-state index in [-0.39, 0.29) is 17.5 Å². The van der Waals surface area contributed by atoms with E-state index in [1.807, 2.05) is 13.0 Å². The van der Waals surface area contributed by atoms with Crippen LogP contribution in [0.2, 0.25) is 0 Å². The molecule has 0 saturated carbocycles. The predicted octanol–water partition coefficient (Wildman–Crippen LogP) is 4.78. The summed E-state index contributed by atoms with van der Waals surface area (Å²) in [5, 5.41) is 0. The van der Waals surface area contributed by atoms with Gasteiger partial charge in [0.05, 0.1) is 0 Å². The van der Waals surface area contributed by atoms with Gasteiger partial charge in [0.2, 0.25) is 5.88 Å². The first kappa shape index (κ1) is 19.0. The van der Waals surface area contributed by atoms with Gasteiger partial charge in [0.25, 0.3) is 6.71 Å². The number of ether oxygens (including phenoxy) is 2. The molecule has 1 aliphatic carbocycles. The van der Waals surface area contributed by atoms with E-state index in [0.717, 1.165) is 28.4 Å². The quantitative estimate of drug-likeness (QED) is 0.345. The van der Waals surface area contributed by atoms with Crippen LogP contribution in [0.4, 0.5) is 0 Å². The minimum Gasteiger partial charge on any atom is -0.458 e. The second kappa shape index (κ2) is 5.94. The minimum atomic E-state index is 0.0802. The Morgan fingerprint density at radius 1 is 0.774 bits per heavy atom. The first-order valence-electron chi connectivity index (χ1n) is 11.3. The van der Waals surface area contributed by atoms with E-state index in [0.29, 0.717) is 5.88 Å². The summed E-state index contributed by atoms with van der Waals surface area (Å²) in [6, 6.07) is 13.3. The highest BCUT2D eigenvalue weighted by Gasteiger charge is 2.44. The molecule has 0 spiro atoms. The van der Waals surface area contributed by atoms with Gasteiger partial charge in [0.1, 0.15) is 17.2 Å². The fourth-order valence-electron chi connectivity index (χ4n) is 5.67. The molecule has 6 rings (SSSR count). The van der Waals surface area contributed by atoms with Gasteiger partial charge < -0.3 is 9.47 Å². The Morgan fingerprint density at radius 2 is 1.45 bits per heavy atom. The van der Waals surface area contributed by atoms with Crippen molar-refractivity contribution in [2.45, 2.75) is 65.2 Å². The molecule has 3 nitrogen and oxygen atoms in total. The van der Waals surface area contributed by atoms with E-state index < -0.39 is 0 Å². The number of nitrogens with zero attached hydrogens (tertiary/aromatic N) is 1. The lowest BCUT2D eigenvalue weighted by Crippen LogP contribution is -2.58. The Labute approximate surface area is 184 Å². The minimum absolute atomic E-state index is 0.0802. The van der Waals surface area contributed by atoms with Gasteiger partial charge in [-0.2, -0.15) is 0 Å². The molecule has 2 aliphatic heterocycles. The number of hydrogen-bond donors (Lipinski definition) is 0. The summed E-state index contributed by atoms with van der Waals surface area (Å²) in [7, 11) is 0. The highest BCUT2D eigenvalue weighted by atomic mass is 16.5. The van der Waals surface area contributed by atoms with Crippen LogP contribution >= 0.6 is 0 Å². The van der Waals surface area contributed by atoms with Crippen molar-refractivity contribution in [1.29, 1.82) is 0 Å². The molecular weight excluding hydrogens is 381 g/mol. The topological polar surface area (TPSA) is 31.4 Å². The second-order valence-electron chi connectivity index (χ2n) is 10.9. The molecule has 2 aromatic carbocycles. The Bertz CT molecular complexity index is 1270. The number of hydrogen-bond acceptors (Lipinski definition) is 3. The van der Waals surface area contributed by atoms with E-state index in [4.69, 9.17) is 14.5 Å². The van der Waals surface area contributed by atoms with E-state index in [9.17, 15) is 0 Å². The van der Waals surface area contributed by atoms with Gasteiger partial charge >= 0.3 is 0 Å². The lowest BCUT2D eigenvalue weighted by Gasteiger charge is -2.43. The number of benzene rings is 2. The summed E-state index contributed by atoms with van der Waals surface area (Å²) in [5.41, 5.74) is 8.80. The van der Waals surface area contributed by atoms with Crippen molar-refractivity contribution < 1.29 is 9.47 Å². The number of aromatic nitrogens is 1. The molecule has 156 valence electrons. The number of rotatable bonds is 0. The fraction of sp³-hybridized carbons (Fsp3) is 0.370. The van der Waals surface area contributed by atoms with Gasteiger partial charge in [-0.05, 0) is 71.7 Å². The van der Waals surface area contributed by atoms with Crippen LogP contribution in [-0.4, -0.2) is 11.7 Å². The molecule has 3 aromatic rings. The molecule has 3 heterocycles. The van der Waals surface area contributed by atoms with Crippen LogP contribution in [-0.2, 0) is 10.8 Å². The molecule has 0 radical (unpaired) electrons. The van der Waals surface area contributed by atoms with Crippen molar-refractivity contribution in [1.82, 2.24) is 4.98 Å². The van der Waals surface area contributed by atoms with E-state index in [2.05, 4.69) is 65.0 Å². The smallest absolute Gasteiger partial charge is 0.262 e. The SMILES string of the molecule is Cc1ccc2c(c1)B1c3cc4c(cc3Oc3nc(C)cc(c31)O2)C(C)(C)CCC4(C)C. The standard InChI is InChI=1S/C27H28BNO2/c1-15-7-8-21-19(11-15)28-20-13-17-18(27(5,6)10-9-26(17,3)4)14-22(20)31-25-24(28)23(30-21)12-16(2)29-25/h7-8,11-14H,9-10H2,1-6H3. The van der Waals surface area contributed by atoms with E-state index >= 15 is 0 Å². The molecule has 3 aliphatic rings. The van der Waals surface area contributed by atoms with Crippen LogP contribution in [0.15, 0.2) is 36.4 Å². The Kier molecular flexibility index (Phi) is 3.63. The second-order valence-corrected chi connectivity index (χ2v) is 10.9. The number of fused-ring (bicyclic) bond motifs is 5. The Morgan fingerprint density at radius 3 is 2.19 bits per heavy atom. The van der Waals surface area contributed by atoms with Crippen molar-refractivity contribution in [3.05, 3.63) is 58.8 Å². The maximum absolute atomic E-state index is 6.49. The molecule has 1 aromatic heterocycles. The van der Waals surface area contributed by atoms with Crippen LogP contribution < -0.4 is 25.9 Å². The zero-order valence-electron chi connectivity index (χ0n) is 19.2. The molecular formula is C27H28BNO2. The summed E-state index contributed by atoms with van der Waals surface area (Å²) in [5.74, 6) is 3.43. The summed E-state index contributed by atoms with van der Waals surface area (Å²) < 4.78 is 12.8. The first-order valence-corrected chi connectivity index (χ1v) is 11.3. The normalized spacial score (nSPS) is 18.7. The van der Waals surface area contributed by atoms with Crippen molar-refractivity contribution in [2.75, 3.05) is 0 Å². The monoisotopic (exact) mass is 409 g/mol. The average molecular weight is 409 g/mol. The summed E-state index contributed by atoms with van der Waals surface area (Å²) >= 11 is 0. The lowest BCUT2D eigenvalue weighted by molar-refractivity contribution is 0.330. The Hall–Kier alpha value is -2.75. The average Bonchev–Trinajstić information content (AvgIpc) is 2.70. The maximum Gasteiger partial charge on any atom is 0.262 e. The molecule has 4 heteroatoms. The van der Waals surface area contributed by atoms with Crippen molar-refractivity contribution >= 4 is 23.1 Å². The highest BCUT2D eigenvalue weighted by molar-refractivity contribution is 6.98. The molecule has 31 heavy (non-hydrogen) atoms. The molecule has 0 atom stereocenters. The van der Waals surface area contributed by atoms with Crippen molar-refractivity contribution in [3.8, 4) is 23.1 Å². The zero-order valence-corrected chi connectivity index (χ0v) is 19.2. The first-order chi connectivity index (χ1) is 14.6. The third-order valence-electron chi connectivity index (χ3n) is 7.60. The third-order valence-corrected chi connectivity index (χ3v) is 7.60. The number of aryl methyl sites for hydroxylation is 2. The van der Waals surface area contributed by atoms with Crippen LogP contribution in [0, 0.1) is 13.8 Å². The Balaban J connectivity index is 1.67. The van der Waals surface area contributed by atoms with Crippen molar-refractivity contribution in [3.63, 3.8) is 0 Å². The summed E-state index contributed by atoms with van der Waals surface area (Å²) in [6.07, 6.45) is 2.38. The van der Waals surface area contributed by atoms with Crippen LogP contribution in [0.25, 0.3) is 0 Å². The van der Waals surface area contributed by atoms with E-state index in [1.54, 1.807) is 0 Å². The molecule has 0 N–H and O–H groups in total. The van der Waals surface area contributed by atoms with Gasteiger partial charge in [-0.3, -0.25) is 0 Å². The fourth-order valence-corrected chi connectivity index (χ4v) is 5.67. The molecule has 0 amide bonds. The maximum atomic E-state index is 6.49. The molecule has 0 saturated heterocycles. The van der Waals surface area contributed by atoms with Gasteiger partial charge in [-0.15, -0.1) is 0 Å². The highest BCUT2D eigenvalue weighted by Crippen LogP contribution is 2.47. The summed E-state index contributed by atoms with van der Waals surface area (Å²) in [6.45, 7) is 13.7.